The highest BCUT2D eigenvalue weighted by Gasteiger charge is 2.12. The molecule has 0 aromatic rings. The molecule has 86 valence electrons. The summed E-state index contributed by atoms with van der Waals surface area (Å²) in [6.45, 7) is 9.23. The normalized spacial score (nSPS) is 24.6. The largest absolute Gasteiger partial charge is 0.0877 e. The topological polar surface area (TPSA) is 0 Å². The first-order chi connectivity index (χ1) is 7.09. The Morgan fingerprint density at radius 3 is 2.67 bits per heavy atom. The summed E-state index contributed by atoms with van der Waals surface area (Å²) in [6, 6.07) is 0. The molecule has 0 bridgehead atoms. The van der Waals surface area contributed by atoms with Crippen molar-refractivity contribution in [1.82, 2.24) is 0 Å². The van der Waals surface area contributed by atoms with Gasteiger partial charge >= 0.3 is 0 Å². The minimum Gasteiger partial charge on any atom is -0.0877 e. The molecule has 0 N–H and O–H groups in total. The maximum absolute atomic E-state index is 2.47. The number of rotatable bonds is 4. The van der Waals surface area contributed by atoms with Crippen LogP contribution in [0.4, 0.5) is 0 Å². The molecule has 0 saturated carbocycles. The second-order valence-corrected chi connectivity index (χ2v) is 5.50. The van der Waals surface area contributed by atoms with Gasteiger partial charge in [-0.2, -0.15) is 0 Å². The first-order valence-electron chi connectivity index (χ1n) is 6.45. The van der Waals surface area contributed by atoms with Crippen LogP contribution in [0.5, 0.6) is 0 Å². The van der Waals surface area contributed by atoms with E-state index in [2.05, 4.69) is 45.9 Å². The van der Waals surface area contributed by atoms with Gasteiger partial charge in [-0.15, -0.1) is 0 Å². The minimum atomic E-state index is 0.663. The van der Waals surface area contributed by atoms with E-state index >= 15 is 0 Å². The maximum atomic E-state index is 2.47. The predicted molar refractivity (Wildman–Crippen MR) is 68.9 cm³/mol. The van der Waals surface area contributed by atoms with Gasteiger partial charge in [-0.1, -0.05) is 51.5 Å². The predicted octanol–water partition coefficient (Wildman–Crippen LogP) is 4.97. The van der Waals surface area contributed by atoms with Gasteiger partial charge in [-0.25, -0.2) is 0 Å². The Labute approximate surface area is 95.5 Å². The van der Waals surface area contributed by atoms with Gasteiger partial charge in [-0.05, 0) is 43.4 Å². The first kappa shape index (κ1) is 12.5. The van der Waals surface area contributed by atoms with Crippen molar-refractivity contribution in [3.05, 3.63) is 23.8 Å². The standard InChI is InChI=1S/C15H26/c1-12(2)6-5-7-14(4)15-10-8-13(3)9-11-15/h5,7,10,12-14H,6,8-9,11H2,1-4H3. The van der Waals surface area contributed by atoms with Crippen LogP contribution in [-0.4, -0.2) is 0 Å². The molecule has 15 heavy (non-hydrogen) atoms. The van der Waals surface area contributed by atoms with E-state index in [-0.39, 0.29) is 0 Å². The third-order valence-corrected chi connectivity index (χ3v) is 3.33. The lowest BCUT2D eigenvalue weighted by molar-refractivity contribution is 0.497. The molecule has 0 fully saturated rings. The Kier molecular flexibility index (Phi) is 5.14. The lowest BCUT2D eigenvalue weighted by atomic mass is 9.85. The van der Waals surface area contributed by atoms with Crippen molar-refractivity contribution >= 4 is 0 Å². The number of hydrogen-bond donors (Lipinski definition) is 0. The zero-order valence-electron chi connectivity index (χ0n) is 10.8. The molecular weight excluding hydrogens is 180 g/mol. The van der Waals surface area contributed by atoms with Gasteiger partial charge in [0, 0.05) is 0 Å². The van der Waals surface area contributed by atoms with Gasteiger partial charge in [0.25, 0.3) is 0 Å². The summed E-state index contributed by atoms with van der Waals surface area (Å²) >= 11 is 0. The van der Waals surface area contributed by atoms with Crippen molar-refractivity contribution in [2.24, 2.45) is 17.8 Å². The van der Waals surface area contributed by atoms with Crippen LogP contribution in [0.1, 0.15) is 53.4 Å². The highest BCUT2D eigenvalue weighted by molar-refractivity contribution is 5.14. The van der Waals surface area contributed by atoms with Crippen LogP contribution >= 0.6 is 0 Å². The molecule has 0 amide bonds. The molecule has 0 aromatic heterocycles. The monoisotopic (exact) mass is 206 g/mol. The summed E-state index contributed by atoms with van der Waals surface area (Å²) in [5.41, 5.74) is 1.66. The quantitative estimate of drug-likeness (QED) is 0.570. The fraction of sp³-hybridized carbons (Fsp3) is 0.733. The Balaban J connectivity index is 2.40. The van der Waals surface area contributed by atoms with Gasteiger partial charge in [0.15, 0.2) is 0 Å². The molecule has 1 aliphatic carbocycles. The van der Waals surface area contributed by atoms with E-state index in [0.717, 1.165) is 11.8 Å². The Morgan fingerprint density at radius 1 is 1.40 bits per heavy atom. The van der Waals surface area contributed by atoms with Crippen molar-refractivity contribution in [1.29, 1.82) is 0 Å². The Hall–Kier alpha value is -0.520. The molecular formula is C15H26. The third-order valence-electron chi connectivity index (χ3n) is 3.33. The lowest BCUT2D eigenvalue weighted by Crippen LogP contribution is -2.06. The van der Waals surface area contributed by atoms with Crippen LogP contribution in [-0.2, 0) is 0 Å². The number of hydrogen-bond acceptors (Lipinski definition) is 0. The second kappa shape index (κ2) is 6.15. The fourth-order valence-electron chi connectivity index (χ4n) is 2.08. The SMILES string of the molecule is CC(C)CC=CC(C)C1=CCC(C)CC1. The molecule has 0 spiro atoms. The average molecular weight is 206 g/mol. The van der Waals surface area contributed by atoms with Gasteiger partial charge < -0.3 is 0 Å². The summed E-state index contributed by atoms with van der Waals surface area (Å²) in [7, 11) is 0. The fourth-order valence-corrected chi connectivity index (χ4v) is 2.08. The van der Waals surface area contributed by atoms with Gasteiger partial charge in [0.05, 0.1) is 0 Å². The van der Waals surface area contributed by atoms with E-state index in [1.165, 1.54) is 25.7 Å². The van der Waals surface area contributed by atoms with Crippen LogP contribution < -0.4 is 0 Å². The van der Waals surface area contributed by atoms with Gasteiger partial charge in [-0.3, -0.25) is 0 Å². The average Bonchev–Trinajstić information content (AvgIpc) is 2.18. The van der Waals surface area contributed by atoms with Gasteiger partial charge in [0.2, 0.25) is 0 Å². The molecule has 0 aliphatic heterocycles. The van der Waals surface area contributed by atoms with Crippen molar-refractivity contribution < 1.29 is 0 Å². The second-order valence-electron chi connectivity index (χ2n) is 5.50. The highest BCUT2D eigenvalue weighted by atomic mass is 14.2. The van der Waals surface area contributed by atoms with E-state index in [4.69, 9.17) is 0 Å². The van der Waals surface area contributed by atoms with Crippen LogP contribution in [0.3, 0.4) is 0 Å². The molecule has 0 heterocycles. The maximum Gasteiger partial charge on any atom is -0.00517 e. The van der Waals surface area contributed by atoms with Crippen LogP contribution in [0.2, 0.25) is 0 Å². The van der Waals surface area contributed by atoms with Crippen LogP contribution in [0, 0.1) is 17.8 Å². The van der Waals surface area contributed by atoms with E-state index in [0.29, 0.717) is 5.92 Å². The summed E-state index contributed by atoms with van der Waals surface area (Å²) in [5.74, 6) is 2.35. The minimum absolute atomic E-state index is 0.663. The summed E-state index contributed by atoms with van der Waals surface area (Å²) < 4.78 is 0. The molecule has 0 radical (unpaired) electrons. The molecule has 0 aromatic carbocycles. The summed E-state index contributed by atoms with van der Waals surface area (Å²) in [6.07, 6.45) is 12.4. The molecule has 1 aliphatic rings. The summed E-state index contributed by atoms with van der Waals surface area (Å²) in [4.78, 5) is 0. The smallest absolute Gasteiger partial charge is 0.00517 e. The van der Waals surface area contributed by atoms with Crippen molar-refractivity contribution in [2.45, 2.75) is 53.4 Å². The van der Waals surface area contributed by atoms with Crippen molar-refractivity contribution in [3.8, 4) is 0 Å². The number of allylic oxidation sites excluding steroid dienone is 4. The Morgan fingerprint density at radius 2 is 2.13 bits per heavy atom. The highest BCUT2D eigenvalue weighted by Crippen LogP contribution is 2.28. The van der Waals surface area contributed by atoms with Crippen LogP contribution in [0.25, 0.3) is 0 Å². The van der Waals surface area contributed by atoms with E-state index in [1.54, 1.807) is 5.57 Å². The molecule has 2 unspecified atom stereocenters. The summed E-state index contributed by atoms with van der Waals surface area (Å²) in [5, 5.41) is 0. The lowest BCUT2D eigenvalue weighted by Gasteiger charge is -2.21. The Bertz CT molecular complexity index is 232. The van der Waals surface area contributed by atoms with E-state index in [9.17, 15) is 0 Å². The van der Waals surface area contributed by atoms with Crippen LogP contribution in [0.15, 0.2) is 23.8 Å². The third kappa shape index (κ3) is 4.68. The van der Waals surface area contributed by atoms with E-state index < -0.39 is 0 Å². The van der Waals surface area contributed by atoms with E-state index in [1.807, 2.05) is 0 Å². The molecule has 0 nitrogen and oxygen atoms in total. The zero-order chi connectivity index (χ0) is 11.3. The van der Waals surface area contributed by atoms with Crippen molar-refractivity contribution in [2.75, 3.05) is 0 Å². The van der Waals surface area contributed by atoms with Crippen molar-refractivity contribution in [3.63, 3.8) is 0 Å². The first-order valence-corrected chi connectivity index (χ1v) is 6.45. The molecule has 0 saturated heterocycles. The van der Waals surface area contributed by atoms with Gasteiger partial charge in [0.1, 0.15) is 0 Å². The molecule has 1 rings (SSSR count). The molecule has 2 atom stereocenters. The molecule has 0 heteroatoms. The zero-order valence-corrected chi connectivity index (χ0v) is 10.8.